The van der Waals surface area contributed by atoms with Crippen LogP contribution in [0.15, 0.2) is 112 Å². The van der Waals surface area contributed by atoms with Crippen LogP contribution in [0.3, 0.4) is 0 Å². The number of hydrogen-bond donors (Lipinski definition) is 0. The van der Waals surface area contributed by atoms with Gasteiger partial charge in [0, 0.05) is 25.9 Å². The SMILES string of the molecule is C1=CC(SC2C=CC(Sc3ccccc3)=CC2c2ccccc2)=CCC1. The standard InChI is InChI=1S/C24H22S2/c1-4-10-19(11-5-1)23-18-22(25-20-12-6-2-7-13-20)16-17-24(23)26-21-14-8-3-9-15-21/h1-2,4-8,10-18,23-24H,3,9H2. The number of hydrogen-bond acceptors (Lipinski definition) is 2. The normalized spacial score (nSPS) is 22.0. The Morgan fingerprint density at radius 1 is 0.769 bits per heavy atom. The first-order chi connectivity index (χ1) is 12.9. The molecular formula is C24H22S2. The maximum absolute atomic E-state index is 2.44. The third kappa shape index (κ3) is 4.44. The summed E-state index contributed by atoms with van der Waals surface area (Å²) in [6, 6.07) is 21.5. The van der Waals surface area contributed by atoms with Crippen LogP contribution < -0.4 is 0 Å². The van der Waals surface area contributed by atoms with Crippen LogP contribution in [0.5, 0.6) is 0 Å². The third-order valence-corrected chi connectivity index (χ3v) is 6.86. The predicted octanol–water partition coefficient (Wildman–Crippen LogP) is 7.35. The van der Waals surface area contributed by atoms with Gasteiger partial charge in [-0.1, -0.05) is 96.7 Å². The van der Waals surface area contributed by atoms with Crippen molar-refractivity contribution in [3.8, 4) is 0 Å². The number of allylic oxidation sites excluding steroid dienone is 5. The van der Waals surface area contributed by atoms with Crippen molar-refractivity contribution in [3.63, 3.8) is 0 Å². The minimum absolute atomic E-state index is 0.397. The maximum atomic E-state index is 2.44. The van der Waals surface area contributed by atoms with Crippen LogP contribution >= 0.6 is 23.5 Å². The van der Waals surface area contributed by atoms with Gasteiger partial charge in [0.25, 0.3) is 0 Å². The highest BCUT2D eigenvalue weighted by atomic mass is 32.2. The highest BCUT2D eigenvalue weighted by Gasteiger charge is 2.24. The molecule has 2 aliphatic carbocycles. The second kappa shape index (κ2) is 8.66. The van der Waals surface area contributed by atoms with E-state index in [0.717, 1.165) is 6.42 Å². The average Bonchev–Trinajstić information content (AvgIpc) is 2.71. The van der Waals surface area contributed by atoms with Gasteiger partial charge in [-0.3, -0.25) is 0 Å². The van der Waals surface area contributed by atoms with Gasteiger partial charge in [0.05, 0.1) is 0 Å². The van der Waals surface area contributed by atoms with Crippen LogP contribution in [0.1, 0.15) is 24.3 Å². The molecule has 2 aromatic carbocycles. The highest BCUT2D eigenvalue weighted by Crippen LogP contribution is 2.42. The van der Waals surface area contributed by atoms with Crippen LogP contribution in [0.4, 0.5) is 0 Å². The fourth-order valence-electron chi connectivity index (χ4n) is 3.24. The fraction of sp³-hybridized carbons (Fsp3) is 0.167. The maximum Gasteiger partial charge on any atom is 0.0381 e. The lowest BCUT2D eigenvalue weighted by atomic mass is 9.92. The minimum Gasteiger partial charge on any atom is -0.118 e. The van der Waals surface area contributed by atoms with Gasteiger partial charge in [-0.25, -0.2) is 0 Å². The van der Waals surface area contributed by atoms with Crippen molar-refractivity contribution in [2.24, 2.45) is 0 Å². The molecule has 0 fully saturated rings. The number of benzene rings is 2. The van der Waals surface area contributed by atoms with Gasteiger partial charge in [-0.15, -0.1) is 11.8 Å². The predicted molar refractivity (Wildman–Crippen MR) is 117 cm³/mol. The van der Waals surface area contributed by atoms with Crippen molar-refractivity contribution < 1.29 is 0 Å². The zero-order chi connectivity index (χ0) is 17.6. The summed E-state index contributed by atoms with van der Waals surface area (Å²) in [5, 5.41) is 0.437. The van der Waals surface area contributed by atoms with E-state index in [1.807, 2.05) is 23.5 Å². The smallest absolute Gasteiger partial charge is 0.0381 e. The molecule has 0 amide bonds. The minimum atomic E-state index is 0.397. The van der Waals surface area contributed by atoms with E-state index >= 15 is 0 Å². The summed E-state index contributed by atoms with van der Waals surface area (Å²) < 4.78 is 0. The Morgan fingerprint density at radius 3 is 2.27 bits per heavy atom. The van der Waals surface area contributed by atoms with Crippen molar-refractivity contribution >= 4 is 23.5 Å². The third-order valence-electron chi connectivity index (χ3n) is 4.54. The summed E-state index contributed by atoms with van der Waals surface area (Å²) in [6.45, 7) is 0. The first kappa shape index (κ1) is 17.5. The van der Waals surface area contributed by atoms with Crippen molar-refractivity contribution in [1.82, 2.24) is 0 Å². The van der Waals surface area contributed by atoms with E-state index in [0.29, 0.717) is 11.2 Å². The fourth-order valence-corrected chi connectivity index (χ4v) is 5.41. The lowest BCUT2D eigenvalue weighted by molar-refractivity contribution is 0.870. The van der Waals surface area contributed by atoms with Gasteiger partial charge in [0.15, 0.2) is 0 Å². The van der Waals surface area contributed by atoms with Crippen molar-refractivity contribution in [2.75, 3.05) is 0 Å². The molecule has 2 unspecified atom stereocenters. The van der Waals surface area contributed by atoms with Gasteiger partial charge in [-0.05, 0) is 30.5 Å². The zero-order valence-electron chi connectivity index (χ0n) is 14.6. The topological polar surface area (TPSA) is 0 Å². The van der Waals surface area contributed by atoms with Gasteiger partial charge >= 0.3 is 0 Å². The summed E-state index contributed by atoms with van der Waals surface area (Å²) in [5.74, 6) is 0.397. The van der Waals surface area contributed by atoms with Crippen molar-refractivity contribution in [1.29, 1.82) is 0 Å². The Bertz CT molecular complexity index is 844. The molecule has 0 aromatic heterocycles. The molecule has 0 heterocycles. The molecular weight excluding hydrogens is 352 g/mol. The lowest BCUT2D eigenvalue weighted by Crippen LogP contribution is -2.14. The van der Waals surface area contributed by atoms with E-state index in [-0.39, 0.29) is 0 Å². The van der Waals surface area contributed by atoms with Crippen LogP contribution in [-0.4, -0.2) is 5.25 Å². The molecule has 26 heavy (non-hydrogen) atoms. The van der Waals surface area contributed by atoms with E-state index in [1.54, 1.807) is 0 Å². The van der Waals surface area contributed by atoms with Gasteiger partial charge in [0.1, 0.15) is 0 Å². The molecule has 0 aliphatic heterocycles. The molecule has 130 valence electrons. The van der Waals surface area contributed by atoms with Crippen LogP contribution in [-0.2, 0) is 0 Å². The molecule has 0 radical (unpaired) electrons. The number of rotatable bonds is 5. The molecule has 0 bridgehead atoms. The summed E-state index contributed by atoms with van der Waals surface area (Å²) in [7, 11) is 0. The Labute approximate surface area is 164 Å². The van der Waals surface area contributed by atoms with Crippen LogP contribution in [0, 0.1) is 0 Å². The summed E-state index contributed by atoms with van der Waals surface area (Å²) in [6.07, 6.45) is 16.4. The Morgan fingerprint density at radius 2 is 1.54 bits per heavy atom. The van der Waals surface area contributed by atoms with Crippen molar-refractivity contribution in [2.45, 2.75) is 28.9 Å². The quantitative estimate of drug-likeness (QED) is 0.536. The molecule has 0 N–H and O–H groups in total. The summed E-state index contributed by atoms with van der Waals surface area (Å²) >= 11 is 3.83. The average molecular weight is 375 g/mol. The van der Waals surface area contributed by atoms with E-state index in [2.05, 4.69) is 97.1 Å². The Balaban J connectivity index is 1.58. The van der Waals surface area contributed by atoms with E-state index in [1.165, 1.54) is 26.7 Å². The zero-order valence-corrected chi connectivity index (χ0v) is 16.3. The Hall–Kier alpha value is -1.90. The molecule has 0 saturated carbocycles. The van der Waals surface area contributed by atoms with E-state index in [4.69, 9.17) is 0 Å². The van der Waals surface area contributed by atoms with Crippen molar-refractivity contribution in [3.05, 3.63) is 112 Å². The first-order valence-electron chi connectivity index (χ1n) is 9.10. The summed E-state index contributed by atoms with van der Waals surface area (Å²) in [5.41, 5.74) is 1.39. The van der Waals surface area contributed by atoms with E-state index in [9.17, 15) is 0 Å². The molecule has 2 atom stereocenters. The monoisotopic (exact) mass is 374 g/mol. The molecule has 2 heteroatoms. The Kier molecular flexibility index (Phi) is 5.83. The van der Waals surface area contributed by atoms with Crippen LogP contribution in [0.25, 0.3) is 0 Å². The molecule has 0 nitrogen and oxygen atoms in total. The molecule has 0 saturated heterocycles. The summed E-state index contributed by atoms with van der Waals surface area (Å²) in [4.78, 5) is 4.02. The molecule has 0 spiro atoms. The molecule has 2 aliphatic rings. The molecule has 2 aromatic rings. The lowest BCUT2D eigenvalue weighted by Gasteiger charge is -2.27. The first-order valence-corrected chi connectivity index (χ1v) is 10.8. The van der Waals surface area contributed by atoms with Gasteiger partial charge in [0.2, 0.25) is 0 Å². The van der Waals surface area contributed by atoms with Gasteiger partial charge in [-0.2, -0.15) is 0 Å². The second-order valence-electron chi connectivity index (χ2n) is 6.45. The van der Waals surface area contributed by atoms with Gasteiger partial charge < -0.3 is 0 Å². The second-order valence-corrected chi connectivity index (χ2v) is 8.85. The highest BCUT2D eigenvalue weighted by molar-refractivity contribution is 8.04. The van der Waals surface area contributed by atoms with E-state index < -0.39 is 0 Å². The number of thioether (sulfide) groups is 2. The van der Waals surface area contributed by atoms with Crippen LogP contribution in [0.2, 0.25) is 0 Å². The molecule has 4 rings (SSSR count). The largest absolute Gasteiger partial charge is 0.118 e.